The van der Waals surface area contributed by atoms with Crippen LogP contribution in [0, 0.1) is 5.82 Å². The van der Waals surface area contributed by atoms with Gasteiger partial charge in [0.25, 0.3) is 11.8 Å². The van der Waals surface area contributed by atoms with E-state index >= 15 is 0 Å². The number of benzene rings is 2. The minimum atomic E-state index is -0.425. The molecule has 0 aliphatic heterocycles. The summed E-state index contributed by atoms with van der Waals surface area (Å²) in [7, 11) is 3.32. The molecular weight excluding hydrogens is 337 g/mol. The molecular formula is C19H20FN3O3. The standard InChI is InChI=1S/C19H20FN3O3/c1-13(21-22-19(25)15-4-8-16(20)9-5-15)14-6-10-17(11-7-14)26-12-18(24)23(2)3/h4-11H,12H2,1-3H3,(H,22,25)/b21-13-. The van der Waals surface area contributed by atoms with Crippen molar-refractivity contribution in [3.8, 4) is 5.75 Å². The van der Waals surface area contributed by atoms with E-state index in [2.05, 4.69) is 10.5 Å². The fourth-order valence-electron chi connectivity index (χ4n) is 1.93. The first-order chi connectivity index (χ1) is 12.4. The normalized spacial score (nSPS) is 11.0. The van der Waals surface area contributed by atoms with Gasteiger partial charge in [0, 0.05) is 19.7 Å². The molecule has 2 rings (SSSR count). The van der Waals surface area contributed by atoms with E-state index in [4.69, 9.17) is 4.74 Å². The second-order valence-electron chi connectivity index (χ2n) is 5.75. The van der Waals surface area contributed by atoms with Crippen LogP contribution in [0.1, 0.15) is 22.8 Å². The second kappa shape index (κ2) is 8.75. The molecule has 0 radical (unpaired) electrons. The average Bonchev–Trinajstić information content (AvgIpc) is 2.64. The lowest BCUT2D eigenvalue weighted by atomic mass is 10.1. The molecule has 1 N–H and O–H groups in total. The molecule has 0 spiro atoms. The number of carbonyl (C=O) groups is 2. The molecule has 2 aromatic rings. The molecule has 0 aliphatic rings. The number of nitrogens with one attached hydrogen (secondary N) is 1. The molecule has 0 saturated heterocycles. The molecule has 2 aromatic carbocycles. The number of hydrogen-bond acceptors (Lipinski definition) is 4. The number of hydrazone groups is 1. The van der Waals surface area contributed by atoms with Crippen molar-refractivity contribution >= 4 is 17.5 Å². The Balaban J connectivity index is 1.95. The van der Waals surface area contributed by atoms with Crippen LogP contribution in [0.15, 0.2) is 53.6 Å². The molecule has 136 valence electrons. The molecule has 0 aromatic heterocycles. The van der Waals surface area contributed by atoms with Crippen molar-refractivity contribution in [3.63, 3.8) is 0 Å². The van der Waals surface area contributed by atoms with Gasteiger partial charge in [-0.3, -0.25) is 9.59 Å². The first-order valence-corrected chi connectivity index (χ1v) is 7.90. The van der Waals surface area contributed by atoms with Crippen molar-refractivity contribution in [3.05, 3.63) is 65.5 Å². The van der Waals surface area contributed by atoms with Crippen molar-refractivity contribution in [2.45, 2.75) is 6.92 Å². The van der Waals surface area contributed by atoms with E-state index in [1.54, 1.807) is 45.3 Å². The third kappa shape index (κ3) is 5.41. The highest BCUT2D eigenvalue weighted by Crippen LogP contribution is 2.13. The highest BCUT2D eigenvalue weighted by molar-refractivity contribution is 6.00. The van der Waals surface area contributed by atoms with Crippen molar-refractivity contribution < 1.29 is 18.7 Å². The number of amides is 2. The van der Waals surface area contributed by atoms with Gasteiger partial charge < -0.3 is 9.64 Å². The molecule has 0 bridgehead atoms. The minimum absolute atomic E-state index is 0.0346. The van der Waals surface area contributed by atoms with Crippen molar-refractivity contribution in [2.24, 2.45) is 5.10 Å². The van der Waals surface area contributed by atoms with E-state index in [9.17, 15) is 14.0 Å². The number of ether oxygens (including phenoxy) is 1. The van der Waals surface area contributed by atoms with Gasteiger partial charge in [0.2, 0.25) is 0 Å². The smallest absolute Gasteiger partial charge is 0.271 e. The SMILES string of the molecule is C/C(=N/NC(=O)c1ccc(F)cc1)c1ccc(OCC(=O)N(C)C)cc1. The molecule has 2 amide bonds. The van der Waals surface area contributed by atoms with Gasteiger partial charge in [0.05, 0.1) is 5.71 Å². The van der Waals surface area contributed by atoms with Crippen molar-refractivity contribution in [1.82, 2.24) is 10.3 Å². The van der Waals surface area contributed by atoms with Gasteiger partial charge in [-0.25, -0.2) is 9.82 Å². The third-order valence-corrected chi connectivity index (χ3v) is 3.56. The first-order valence-electron chi connectivity index (χ1n) is 7.90. The monoisotopic (exact) mass is 357 g/mol. The number of rotatable bonds is 6. The molecule has 26 heavy (non-hydrogen) atoms. The van der Waals surface area contributed by atoms with Crippen LogP contribution in [-0.4, -0.2) is 43.1 Å². The highest BCUT2D eigenvalue weighted by atomic mass is 19.1. The van der Waals surface area contributed by atoms with Crippen LogP contribution in [0.5, 0.6) is 5.75 Å². The number of likely N-dealkylation sites (N-methyl/N-ethyl adjacent to an activating group) is 1. The van der Waals surface area contributed by atoms with Gasteiger partial charge in [0.15, 0.2) is 6.61 Å². The predicted molar refractivity (Wildman–Crippen MR) is 96.7 cm³/mol. The summed E-state index contributed by atoms with van der Waals surface area (Å²) >= 11 is 0. The van der Waals surface area contributed by atoms with E-state index in [1.165, 1.54) is 29.2 Å². The fraction of sp³-hybridized carbons (Fsp3) is 0.211. The summed E-state index contributed by atoms with van der Waals surface area (Å²) < 4.78 is 18.3. The molecule has 6 nitrogen and oxygen atoms in total. The molecule has 0 unspecified atom stereocenters. The maximum atomic E-state index is 12.9. The lowest BCUT2D eigenvalue weighted by Crippen LogP contribution is -2.27. The Labute approximate surface area is 151 Å². The molecule has 0 fully saturated rings. The van der Waals surface area contributed by atoms with Crippen molar-refractivity contribution in [1.29, 1.82) is 0 Å². The van der Waals surface area contributed by atoms with Gasteiger partial charge in [-0.15, -0.1) is 0 Å². The van der Waals surface area contributed by atoms with Crippen LogP contribution in [0.25, 0.3) is 0 Å². The van der Waals surface area contributed by atoms with E-state index in [1.807, 2.05) is 0 Å². The lowest BCUT2D eigenvalue weighted by Gasteiger charge is -2.11. The van der Waals surface area contributed by atoms with Gasteiger partial charge in [-0.1, -0.05) is 0 Å². The van der Waals surface area contributed by atoms with E-state index in [0.29, 0.717) is 17.0 Å². The van der Waals surface area contributed by atoms with Crippen LogP contribution in [-0.2, 0) is 4.79 Å². The van der Waals surface area contributed by atoms with E-state index in [0.717, 1.165) is 5.56 Å². The fourth-order valence-corrected chi connectivity index (χ4v) is 1.93. The summed E-state index contributed by atoms with van der Waals surface area (Å²) in [6, 6.07) is 12.2. The van der Waals surface area contributed by atoms with Gasteiger partial charge in [0.1, 0.15) is 11.6 Å². The van der Waals surface area contributed by atoms with E-state index < -0.39 is 11.7 Å². The summed E-state index contributed by atoms with van der Waals surface area (Å²) in [5, 5.41) is 4.04. The van der Waals surface area contributed by atoms with Gasteiger partial charge in [-0.05, 0) is 61.0 Å². The summed E-state index contributed by atoms with van der Waals surface area (Å²) in [4.78, 5) is 24.9. The van der Waals surface area contributed by atoms with Crippen LogP contribution in [0.4, 0.5) is 4.39 Å². The van der Waals surface area contributed by atoms with E-state index in [-0.39, 0.29) is 12.5 Å². The number of carbonyl (C=O) groups excluding carboxylic acids is 2. The van der Waals surface area contributed by atoms with Crippen LogP contribution < -0.4 is 10.2 Å². The molecule has 7 heteroatoms. The Morgan fingerprint density at radius 1 is 1.04 bits per heavy atom. The summed E-state index contributed by atoms with van der Waals surface area (Å²) in [6.07, 6.45) is 0. The Hall–Kier alpha value is -3.22. The summed E-state index contributed by atoms with van der Waals surface area (Å²) in [6.45, 7) is 1.71. The molecule has 0 saturated carbocycles. The van der Waals surface area contributed by atoms with Gasteiger partial charge in [-0.2, -0.15) is 5.10 Å². The largest absolute Gasteiger partial charge is 0.484 e. The zero-order valence-corrected chi connectivity index (χ0v) is 14.8. The van der Waals surface area contributed by atoms with Gasteiger partial charge >= 0.3 is 0 Å². The summed E-state index contributed by atoms with van der Waals surface area (Å²) in [5.41, 5.74) is 4.13. The highest BCUT2D eigenvalue weighted by Gasteiger charge is 2.07. The second-order valence-corrected chi connectivity index (χ2v) is 5.75. The Morgan fingerprint density at radius 2 is 1.62 bits per heavy atom. The predicted octanol–water partition coefficient (Wildman–Crippen LogP) is 2.45. The Morgan fingerprint density at radius 3 is 2.19 bits per heavy atom. The zero-order valence-electron chi connectivity index (χ0n) is 14.8. The number of hydrogen-bond donors (Lipinski definition) is 1. The Bertz CT molecular complexity index is 800. The molecule has 0 atom stereocenters. The maximum Gasteiger partial charge on any atom is 0.271 e. The zero-order chi connectivity index (χ0) is 19.1. The van der Waals surface area contributed by atoms with Crippen LogP contribution >= 0.6 is 0 Å². The van der Waals surface area contributed by atoms with Crippen molar-refractivity contribution in [2.75, 3.05) is 20.7 Å². The topological polar surface area (TPSA) is 71.0 Å². The molecule has 0 aliphatic carbocycles. The molecule has 0 heterocycles. The lowest BCUT2D eigenvalue weighted by molar-refractivity contribution is -0.130. The minimum Gasteiger partial charge on any atom is -0.484 e. The third-order valence-electron chi connectivity index (χ3n) is 3.56. The summed E-state index contributed by atoms with van der Waals surface area (Å²) in [5.74, 6) is -0.398. The first kappa shape index (κ1) is 19.1. The number of nitrogens with zero attached hydrogens (tertiary/aromatic N) is 2. The average molecular weight is 357 g/mol. The quantitative estimate of drug-likeness (QED) is 0.638. The van der Waals surface area contributed by atoms with Crippen LogP contribution in [0.3, 0.4) is 0 Å². The van der Waals surface area contributed by atoms with Crippen LogP contribution in [0.2, 0.25) is 0 Å². The Kier molecular flexibility index (Phi) is 6.43. The maximum absolute atomic E-state index is 12.9. The number of halogens is 1.